The van der Waals surface area contributed by atoms with Crippen molar-refractivity contribution in [1.82, 2.24) is 4.98 Å². The summed E-state index contributed by atoms with van der Waals surface area (Å²) in [5.74, 6) is -0.608. The minimum atomic E-state index is -0.268. The van der Waals surface area contributed by atoms with Crippen LogP contribution in [-0.2, 0) is 22.4 Å². The van der Waals surface area contributed by atoms with E-state index in [0.717, 1.165) is 35.0 Å². The largest absolute Gasteiger partial charge is 0.358 e. The molecule has 138 valence electrons. The number of carbonyl (C=O) groups is 2. The highest BCUT2D eigenvalue weighted by atomic mass is 19.1. The Morgan fingerprint density at radius 2 is 1.78 bits per heavy atom. The van der Waals surface area contributed by atoms with Gasteiger partial charge in [0.15, 0.2) is 0 Å². The van der Waals surface area contributed by atoms with E-state index < -0.39 is 0 Å². The van der Waals surface area contributed by atoms with Crippen molar-refractivity contribution in [3.05, 3.63) is 59.5 Å². The van der Waals surface area contributed by atoms with Gasteiger partial charge in [0.05, 0.1) is 0 Å². The molecule has 2 amide bonds. The van der Waals surface area contributed by atoms with Crippen molar-refractivity contribution in [3.8, 4) is 0 Å². The molecule has 1 heterocycles. The fourth-order valence-electron chi connectivity index (χ4n) is 3.70. The number of amides is 2. The Labute approximate surface area is 156 Å². The van der Waals surface area contributed by atoms with Crippen LogP contribution in [-0.4, -0.2) is 16.8 Å². The second kappa shape index (κ2) is 6.87. The summed E-state index contributed by atoms with van der Waals surface area (Å²) in [4.78, 5) is 27.1. The molecule has 3 N–H and O–H groups in total. The monoisotopic (exact) mass is 365 g/mol. The summed E-state index contributed by atoms with van der Waals surface area (Å²) in [5.41, 5.74) is 4.42. The van der Waals surface area contributed by atoms with Gasteiger partial charge in [-0.1, -0.05) is 0 Å². The first kappa shape index (κ1) is 17.3. The van der Waals surface area contributed by atoms with E-state index in [1.165, 1.54) is 19.1 Å². The SMILES string of the molecule is CC(=O)Nc1ccc(NC(=O)C2CCc3[nH]c4ccc(F)cc4c3C2)cc1. The number of nitrogens with one attached hydrogen (secondary N) is 3. The van der Waals surface area contributed by atoms with Crippen molar-refractivity contribution in [2.45, 2.75) is 26.2 Å². The molecule has 0 aliphatic heterocycles. The molecule has 0 saturated carbocycles. The Kier molecular flexibility index (Phi) is 4.39. The molecule has 0 saturated heterocycles. The summed E-state index contributed by atoms with van der Waals surface area (Å²) in [6.45, 7) is 1.45. The number of hydrogen-bond donors (Lipinski definition) is 3. The molecule has 1 atom stereocenters. The van der Waals surface area contributed by atoms with Crippen LogP contribution < -0.4 is 10.6 Å². The smallest absolute Gasteiger partial charge is 0.227 e. The van der Waals surface area contributed by atoms with Crippen molar-refractivity contribution in [2.24, 2.45) is 5.92 Å². The topological polar surface area (TPSA) is 74.0 Å². The number of rotatable bonds is 3. The minimum Gasteiger partial charge on any atom is -0.358 e. The summed E-state index contributed by atoms with van der Waals surface area (Å²) in [7, 11) is 0. The number of H-pyrrole nitrogens is 1. The van der Waals surface area contributed by atoms with E-state index in [0.29, 0.717) is 17.8 Å². The van der Waals surface area contributed by atoms with Crippen molar-refractivity contribution >= 4 is 34.1 Å². The van der Waals surface area contributed by atoms with Crippen LogP contribution in [0.25, 0.3) is 10.9 Å². The molecule has 4 rings (SSSR count). The normalized spacial score (nSPS) is 16.0. The van der Waals surface area contributed by atoms with E-state index >= 15 is 0 Å². The second-order valence-corrected chi connectivity index (χ2v) is 6.96. The van der Waals surface area contributed by atoms with Crippen molar-refractivity contribution in [1.29, 1.82) is 0 Å². The zero-order valence-corrected chi connectivity index (χ0v) is 14.9. The van der Waals surface area contributed by atoms with Gasteiger partial charge in [-0.05, 0) is 67.3 Å². The Morgan fingerprint density at radius 3 is 2.48 bits per heavy atom. The van der Waals surface area contributed by atoms with Crippen LogP contribution in [0.2, 0.25) is 0 Å². The third kappa shape index (κ3) is 3.56. The first-order valence-electron chi connectivity index (χ1n) is 8.97. The van der Waals surface area contributed by atoms with E-state index in [1.54, 1.807) is 30.3 Å². The molecule has 1 unspecified atom stereocenters. The highest BCUT2D eigenvalue weighted by molar-refractivity contribution is 5.95. The molecule has 1 aliphatic rings. The Morgan fingerprint density at radius 1 is 1.07 bits per heavy atom. The molecule has 27 heavy (non-hydrogen) atoms. The van der Waals surface area contributed by atoms with Crippen LogP contribution >= 0.6 is 0 Å². The van der Waals surface area contributed by atoms with E-state index in [9.17, 15) is 14.0 Å². The summed E-state index contributed by atoms with van der Waals surface area (Å²) < 4.78 is 13.6. The van der Waals surface area contributed by atoms with Crippen LogP contribution in [0.4, 0.5) is 15.8 Å². The van der Waals surface area contributed by atoms with Gasteiger partial charge in [-0.15, -0.1) is 0 Å². The van der Waals surface area contributed by atoms with Crippen LogP contribution in [0.15, 0.2) is 42.5 Å². The van der Waals surface area contributed by atoms with Gasteiger partial charge >= 0.3 is 0 Å². The van der Waals surface area contributed by atoms with Crippen molar-refractivity contribution in [3.63, 3.8) is 0 Å². The van der Waals surface area contributed by atoms with E-state index in [4.69, 9.17) is 0 Å². The number of aromatic nitrogens is 1. The molecule has 0 bridgehead atoms. The van der Waals surface area contributed by atoms with Gasteiger partial charge in [0.1, 0.15) is 5.82 Å². The molecule has 1 aromatic heterocycles. The molecule has 1 aliphatic carbocycles. The average Bonchev–Trinajstić information content (AvgIpc) is 3.00. The maximum atomic E-state index is 13.6. The van der Waals surface area contributed by atoms with Gasteiger partial charge in [-0.25, -0.2) is 4.39 Å². The van der Waals surface area contributed by atoms with Crippen molar-refractivity contribution < 1.29 is 14.0 Å². The molecule has 5 nitrogen and oxygen atoms in total. The quantitative estimate of drug-likeness (QED) is 0.656. The highest BCUT2D eigenvalue weighted by Crippen LogP contribution is 2.32. The maximum Gasteiger partial charge on any atom is 0.227 e. The van der Waals surface area contributed by atoms with E-state index in [1.807, 2.05) is 0 Å². The predicted molar refractivity (Wildman–Crippen MR) is 103 cm³/mol. The fourth-order valence-corrected chi connectivity index (χ4v) is 3.70. The summed E-state index contributed by atoms with van der Waals surface area (Å²) in [5, 5.41) is 6.49. The maximum absolute atomic E-state index is 13.6. The van der Waals surface area contributed by atoms with Gasteiger partial charge in [0.2, 0.25) is 11.8 Å². The molecule has 6 heteroatoms. The lowest BCUT2D eigenvalue weighted by atomic mass is 9.85. The van der Waals surface area contributed by atoms with Crippen LogP contribution in [0.1, 0.15) is 24.6 Å². The predicted octanol–water partition coefficient (Wildman–Crippen LogP) is 4.01. The van der Waals surface area contributed by atoms with Gasteiger partial charge in [0, 0.05) is 40.8 Å². The standard InChI is InChI=1S/C21H20FN3O2/c1-12(26)23-15-4-6-16(7-5-15)24-21(27)13-2-8-19-17(10-13)18-11-14(22)3-9-20(18)25-19/h3-7,9,11,13,25H,2,8,10H2,1H3,(H,23,26)(H,24,27). The summed E-state index contributed by atoms with van der Waals surface area (Å²) in [6.07, 6.45) is 2.11. The first-order valence-corrected chi connectivity index (χ1v) is 8.97. The molecule has 2 aromatic carbocycles. The summed E-state index contributed by atoms with van der Waals surface area (Å²) >= 11 is 0. The minimum absolute atomic E-state index is 0.0429. The van der Waals surface area contributed by atoms with Gasteiger partial charge in [0.25, 0.3) is 0 Å². The average molecular weight is 365 g/mol. The fraction of sp³-hybridized carbons (Fsp3) is 0.238. The van der Waals surface area contributed by atoms with Gasteiger partial charge in [-0.3, -0.25) is 9.59 Å². The number of aromatic amines is 1. The van der Waals surface area contributed by atoms with E-state index in [2.05, 4.69) is 15.6 Å². The number of fused-ring (bicyclic) bond motifs is 3. The Bertz CT molecular complexity index is 1020. The number of benzene rings is 2. The van der Waals surface area contributed by atoms with Gasteiger partial charge < -0.3 is 15.6 Å². The number of carbonyl (C=O) groups excluding carboxylic acids is 2. The van der Waals surface area contributed by atoms with Crippen molar-refractivity contribution in [2.75, 3.05) is 10.6 Å². The Hall–Kier alpha value is -3.15. The molecular weight excluding hydrogens is 345 g/mol. The molecule has 0 fully saturated rings. The Balaban J connectivity index is 1.48. The third-order valence-electron chi connectivity index (χ3n) is 4.99. The lowest BCUT2D eigenvalue weighted by molar-refractivity contribution is -0.120. The molecule has 0 radical (unpaired) electrons. The summed E-state index contributed by atoms with van der Waals surface area (Å²) in [6, 6.07) is 11.7. The number of anilines is 2. The zero-order chi connectivity index (χ0) is 19.0. The third-order valence-corrected chi connectivity index (χ3v) is 4.99. The van der Waals surface area contributed by atoms with Gasteiger partial charge in [-0.2, -0.15) is 0 Å². The molecule has 0 spiro atoms. The molecular formula is C21H20FN3O2. The second-order valence-electron chi connectivity index (χ2n) is 6.96. The van der Waals surface area contributed by atoms with Crippen LogP contribution in [0.5, 0.6) is 0 Å². The van der Waals surface area contributed by atoms with Crippen LogP contribution in [0, 0.1) is 11.7 Å². The number of halogens is 1. The lowest BCUT2D eigenvalue weighted by Crippen LogP contribution is -2.28. The van der Waals surface area contributed by atoms with E-state index in [-0.39, 0.29) is 23.5 Å². The van der Waals surface area contributed by atoms with Crippen LogP contribution in [0.3, 0.4) is 0 Å². The molecule has 3 aromatic rings. The zero-order valence-electron chi connectivity index (χ0n) is 14.9. The first-order chi connectivity index (χ1) is 13.0. The number of aryl methyl sites for hydroxylation is 1. The lowest BCUT2D eigenvalue weighted by Gasteiger charge is -2.22. The highest BCUT2D eigenvalue weighted by Gasteiger charge is 2.27. The number of hydrogen-bond acceptors (Lipinski definition) is 2.